The maximum absolute atomic E-state index is 14.0. The number of primary amides is 1. The summed E-state index contributed by atoms with van der Waals surface area (Å²) in [5, 5.41) is 11.2. The van der Waals surface area contributed by atoms with Crippen LogP contribution in [0.25, 0.3) is 11.0 Å². The van der Waals surface area contributed by atoms with Gasteiger partial charge in [0.15, 0.2) is 17.2 Å². The molecule has 1 aliphatic rings. The predicted octanol–water partition coefficient (Wildman–Crippen LogP) is 2.45. The van der Waals surface area contributed by atoms with Crippen molar-refractivity contribution >= 4 is 34.6 Å². The lowest BCUT2D eigenvalue weighted by atomic mass is 10.2. The number of hydrogen-bond donors (Lipinski definition) is 3. The molecule has 4 rings (SSSR count). The number of carboxylic acid groups (broad SMARTS) is 1. The average molecular weight is 448 g/mol. The Bertz CT molecular complexity index is 1210. The molecule has 4 N–H and O–H groups in total. The molecule has 10 nitrogen and oxygen atoms in total. The number of furan rings is 2. The molecule has 1 fully saturated rings. The number of nitrogens with one attached hydrogen (secondary N) is 1. The Balaban J connectivity index is 1.50. The minimum absolute atomic E-state index is 0.106. The van der Waals surface area contributed by atoms with E-state index in [2.05, 4.69) is 5.32 Å². The van der Waals surface area contributed by atoms with Gasteiger partial charge in [0.25, 0.3) is 11.8 Å². The van der Waals surface area contributed by atoms with Crippen LogP contribution in [-0.2, 0) is 6.54 Å². The Kier molecular flexibility index (Phi) is 5.53. The highest BCUT2D eigenvalue weighted by Gasteiger charge is 2.25. The Hall–Kier alpha value is -3.93. The second kappa shape index (κ2) is 8.30. The number of nitrogens with two attached hydrogens (primary N) is 1. The monoisotopic (exact) mass is 448 g/mol. The molecule has 0 atom stereocenters. The van der Waals surface area contributed by atoms with Gasteiger partial charge in [-0.2, -0.15) is 0 Å². The molecule has 0 bridgehead atoms. The van der Waals surface area contributed by atoms with Crippen LogP contribution >= 0.6 is 0 Å². The summed E-state index contributed by atoms with van der Waals surface area (Å²) in [5.74, 6) is -3.99. The molecule has 1 aromatic carbocycles. The maximum atomic E-state index is 14.0. The van der Waals surface area contributed by atoms with Gasteiger partial charge in [0.1, 0.15) is 17.3 Å². The second-order valence-corrected chi connectivity index (χ2v) is 7.20. The van der Waals surface area contributed by atoms with Gasteiger partial charge in [-0.3, -0.25) is 14.5 Å². The first-order valence-corrected chi connectivity index (χ1v) is 9.54. The fourth-order valence-corrected chi connectivity index (χ4v) is 3.50. The zero-order chi connectivity index (χ0) is 23.0. The van der Waals surface area contributed by atoms with Gasteiger partial charge >= 0.3 is 6.09 Å². The Morgan fingerprint density at radius 1 is 1.09 bits per heavy atom. The molecule has 0 saturated carbocycles. The molecule has 1 saturated heterocycles. The molecular weight excluding hydrogens is 430 g/mol. The first-order chi connectivity index (χ1) is 15.2. The number of piperazine rings is 1. The van der Waals surface area contributed by atoms with E-state index in [4.69, 9.17) is 19.7 Å². The van der Waals surface area contributed by atoms with E-state index in [0.717, 1.165) is 6.07 Å². The van der Waals surface area contributed by atoms with Gasteiger partial charge in [-0.15, -0.1) is 0 Å². The molecule has 1 aliphatic heterocycles. The number of hydrogen-bond acceptors (Lipinski definition) is 6. The molecule has 3 aromatic rings. The van der Waals surface area contributed by atoms with Crippen molar-refractivity contribution in [3.63, 3.8) is 0 Å². The van der Waals surface area contributed by atoms with E-state index < -0.39 is 40.9 Å². The zero-order valence-electron chi connectivity index (χ0n) is 16.6. The van der Waals surface area contributed by atoms with Crippen molar-refractivity contribution in [1.82, 2.24) is 9.80 Å². The van der Waals surface area contributed by atoms with Crippen molar-refractivity contribution < 1.29 is 37.1 Å². The molecule has 32 heavy (non-hydrogen) atoms. The van der Waals surface area contributed by atoms with E-state index >= 15 is 0 Å². The molecule has 0 unspecified atom stereocenters. The summed E-state index contributed by atoms with van der Waals surface area (Å²) in [6.45, 7) is 2.10. The van der Waals surface area contributed by atoms with Crippen LogP contribution in [0.2, 0.25) is 0 Å². The summed E-state index contributed by atoms with van der Waals surface area (Å²) < 4.78 is 38.3. The molecule has 0 radical (unpaired) electrons. The van der Waals surface area contributed by atoms with Crippen molar-refractivity contribution in [3.05, 3.63) is 53.2 Å². The van der Waals surface area contributed by atoms with Gasteiger partial charge in [0, 0.05) is 32.2 Å². The van der Waals surface area contributed by atoms with Gasteiger partial charge < -0.3 is 29.9 Å². The van der Waals surface area contributed by atoms with Gasteiger partial charge in [-0.25, -0.2) is 13.6 Å². The van der Waals surface area contributed by atoms with Crippen LogP contribution in [0.1, 0.15) is 26.9 Å². The third-order valence-corrected chi connectivity index (χ3v) is 5.08. The highest BCUT2D eigenvalue weighted by molar-refractivity contribution is 6.13. The molecular formula is C20H18F2N4O6. The van der Waals surface area contributed by atoms with E-state index in [1.165, 1.54) is 11.0 Å². The lowest BCUT2D eigenvalue weighted by Gasteiger charge is -2.32. The largest absolute Gasteiger partial charge is 0.465 e. The van der Waals surface area contributed by atoms with E-state index in [1.807, 2.05) is 4.90 Å². The highest BCUT2D eigenvalue weighted by Crippen LogP contribution is 2.33. The molecule has 3 heterocycles. The van der Waals surface area contributed by atoms with Crippen LogP contribution in [0.3, 0.4) is 0 Å². The van der Waals surface area contributed by atoms with Crippen LogP contribution in [0.15, 0.2) is 33.1 Å². The topological polar surface area (TPSA) is 142 Å². The summed E-state index contributed by atoms with van der Waals surface area (Å²) in [5.41, 5.74) is 4.56. The van der Waals surface area contributed by atoms with Crippen LogP contribution in [0.4, 0.5) is 19.3 Å². The smallest absolute Gasteiger partial charge is 0.407 e. The van der Waals surface area contributed by atoms with E-state index in [1.54, 1.807) is 6.07 Å². The number of nitrogens with zero attached hydrogens (tertiary/aromatic N) is 2. The van der Waals surface area contributed by atoms with E-state index in [9.17, 15) is 23.2 Å². The van der Waals surface area contributed by atoms with Crippen molar-refractivity contribution in [2.45, 2.75) is 6.54 Å². The highest BCUT2D eigenvalue weighted by atomic mass is 19.1. The van der Waals surface area contributed by atoms with Gasteiger partial charge in [0.05, 0.1) is 11.9 Å². The lowest BCUT2D eigenvalue weighted by molar-refractivity contribution is 0.0954. The van der Waals surface area contributed by atoms with Crippen LogP contribution in [-0.4, -0.2) is 59.0 Å². The lowest BCUT2D eigenvalue weighted by Crippen LogP contribution is -2.47. The quantitative estimate of drug-likeness (QED) is 0.544. The van der Waals surface area contributed by atoms with E-state index in [0.29, 0.717) is 44.6 Å². The summed E-state index contributed by atoms with van der Waals surface area (Å²) in [4.78, 5) is 38.6. The molecule has 168 valence electrons. The SMILES string of the molecule is NC(=O)c1oc2c(F)cc(F)cc2c1NC(=O)c1ccc(CN2CCN(C(=O)O)CC2)o1. The van der Waals surface area contributed by atoms with E-state index in [-0.39, 0.29) is 16.8 Å². The third-order valence-electron chi connectivity index (χ3n) is 5.08. The second-order valence-electron chi connectivity index (χ2n) is 7.20. The number of amides is 3. The normalized spacial score (nSPS) is 14.6. The number of carbonyl (C=O) groups is 3. The predicted molar refractivity (Wildman–Crippen MR) is 106 cm³/mol. The first kappa shape index (κ1) is 21.3. The van der Waals surface area contributed by atoms with Crippen molar-refractivity contribution in [2.24, 2.45) is 5.73 Å². The number of carbonyl (C=O) groups excluding carboxylic acids is 2. The van der Waals surface area contributed by atoms with Crippen LogP contribution in [0, 0.1) is 11.6 Å². The molecule has 12 heteroatoms. The molecule has 3 amide bonds. The van der Waals surface area contributed by atoms with Gasteiger partial charge in [0.2, 0.25) is 5.76 Å². The summed E-state index contributed by atoms with van der Waals surface area (Å²) in [6.07, 6.45) is -0.969. The number of anilines is 1. The summed E-state index contributed by atoms with van der Waals surface area (Å²) >= 11 is 0. The minimum atomic E-state index is -1.07. The van der Waals surface area contributed by atoms with Gasteiger partial charge in [-0.05, 0) is 18.2 Å². The van der Waals surface area contributed by atoms with Crippen molar-refractivity contribution in [1.29, 1.82) is 0 Å². The maximum Gasteiger partial charge on any atom is 0.407 e. The standard InChI is InChI=1S/C20H18F2N4O6/c21-10-7-12-15(17(18(23)27)32-16(12)13(22)8-10)24-19(28)14-2-1-11(31-14)9-25-3-5-26(6-4-25)20(29)30/h1-2,7-8H,3-6,9H2,(H2,23,27)(H,24,28)(H,29,30). The number of fused-ring (bicyclic) bond motifs is 1. The fourth-order valence-electron chi connectivity index (χ4n) is 3.50. The molecule has 0 aliphatic carbocycles. The Labute approximate surface area is 179 Å². The van der Waals surface area contributed by atoms with Crippen molar-refractivity contribution in [3.8, 4) is 0 Å². The van der Waals surface area contributed by atoms with Crippen LogP contribution < -0.4 is 11.1 Å². The number of rotatable bonds is 5. The van der Waals surface area contributed by atoms with Crippen LogP contribution in [0.5, 0.6) is 0 Å². The summed E-state index contributed by atoms with van der Waals surface area (Å²) in [7, 11) is 0. The Morgan fingerprint density at radius 3 is 2.47 bits per heavy atom. The number of halogens is 2. The first-order valence-electron chi connectivity index (χ1n) is 9.54. The van der Waals surface area contributed by atoms with Gasteiger partial charge in [-0.1, -0.05) is 0 Å². The zero-order valence-corrected chi connectivity index (χ0v) is 16.6. The Morgan fingerprint density at radius 2 is 1.81 bits per heavy atom. The average Bonchev–Trinajstić information content (AvgIpc) is 3.34. The molecule has 2 aromatic heterocycles. The van der Waals surface area contributed by atoms with Crippen molar-refractivity contribution in [2.75, 3.05) is 31.5 Å². The summed E-state index contributed by atoms with van der Waals surface area (Å²) in [6, 6.07) is 4.48. The fraction of sp³-hybridized carbons (Fsp3) is 0.250. The molecule has 0 spiro atoms. The minimum Gasteiger partial charge on any atom is -0.465 e. The third kappa shape index (κ3) is 4.12. The number of benzene rings is 1.